The number of benzene rings is 2. The van der Waals surface area contributed by atoms with E-state index < -0.39 is 5.92 Å². The number of hydrogen-bond acceptors (Lipinski definition) is 5. The van der Waals surface area contributed by atoms with Crippen LogP contribution >= 0.6 is 0 Å². The summed E-state index contributed by atoms with van der Waals surface area (Å²) in [6.45, 7) is 3.19. The molecule has 2 aromatic rings. The van der Waals surface area contributed by atoms with Crippen LogP contribution < -0.4 is 14.4 Å². The monoisotopic (exact) mass is 367 g/mol. The minimum Gasteiger partial charge on any atom is -0.493 e. The smallest absolute Gasteiger partial charge is 0.223 e. The van der Waals surface area contributed by atoms with E-state index in [2.05, 4.69) is 0 Å². The number of anilines is 1. The fraction of sp³-hybridized carbons (Fsp3) is 0.286. The van der Waals surface area contributed by atoms with Gasteiger partial charge in [-0.1, -0.05) is 0 Å². The van der Waals surface area contributed by atoms with Crippen molar-refractivity contribution >= 4 is 23.2 Å². The number of carbonyl (C=O) groups is 3. The third-order valence-electron chi connectivity index (χ3n) is 4.83. The Morgan fingerprint density at radius 2 is 1.59 bits per heavy atom. The van der Waals surface area contributed by atoms with Crippen molar-refractivity contribution in [1.82, 2.24) is 0 Å². The maximum atomic E-state index is 13.2. The SMILES string of the molecule is COc1ccc(C(=O)C2CN(C(C)=O)c3ccc(C(C)=O)cc32)cc1OC. The van der Waals surface area contributed by atoms with Crippen molar-refractivity contribution in [3.05, 3.63) is 53.1 Å². The van der Waals surface area contributed by atoms with Gasteiger partial charge in [0, 0.05) is 30.3 Å². The molecule has 1 amide bonds. The Balaban J connectivity index is 2.05. The molecule has 2 aromatic carbocycles. The Morgan fingerprint density at radius 3 is 2.19 bits per heavy atom. The highest BCUT2D eigenvalue weighted by molar-refractivity contribution is 6.07. The first-order chi connectivity index (χ1) is 12.9. The Kier molecular flexibility index (Phi) is 4.99. The number of amides is 1. The minimum atomic E-state index is -0.540. The Bertz CT molecular complexity index is 934. The van der Waals surface area contributed by atoms with Crippen molar-refractivity contribution in [1.29, 1.82) is 0 Å². The molecule has 0 saturated carbocycles. The molecule has 0 aliphatic carbocycles. The summed E-state index contributed by atoms with van der Waals surface area (Å²) in [4.78, 5) is 38.6. The van der Waals surface area contributed by atoms with E-state index in [1.54, 1.807) is 41.3 Å². The van der Waals surface area contributed by atoms with E-state index in [4.69, 9.17) is 9.47 Å². The van der Waals surface area contributed by atoms with E-state index in [0.29, 0.717) is 33.9 Å². The van der Waals surface area contributed by atoms with Crippen LogP contribution in [0.3, 0.4) is 0 Å². The maximum absolute atomic E-state index is 13.2. The molecule has 1 unspecified atom stereocenters. The van der Waals surface area contributed by atoms with Gasteiger partial charge in [0.15, 0.2) is 23.1 Å². The topological polar surface area (TPSA) is 72.9 Å². The van der Waals surface area contributed by atoms with Gasteiger partial charge >= 0.3 is 0 Å². The lowest BCUT2D eigenvalue weighted by Crippen LogP contribution is -2.29. The Hall–Kier alpha value is -3.15. The predicted octanol–water partition coefficient (Wildman–Crippen LogP) is 3.24. The van der Waals surface area contributed by atoms with E-state index >= 15 is 0 Å². The molecule has 0 radical (unpaired) electrons. The predicted molar refractivity (Wildman–Crippen MR) is 101 cm³/mol. The molecule has 0 spiro atoms. The van der Waals surface area contributed by atoms with Crippen molar-refractivity contribution in [2.24, 2.45) is 0 Å². The number of nitrogens with zero attached hydrogens (tertiary/aromatic N) is 1. The Morgan fingerprint density at radius 1 is 0.926 bits per heavy atom. The molecule has 1 aliphatic rings. The molecule has 0 aromatic heterocycles. The number of carbonyl (C=O) groups excluding carboxylic acids is 3. The van der Waals surface area contributed by atoms with E-state index in [0.717, 1.165) is 0 Å². The first kappa shape index (κ1) is 18.6. The summed E-state index contributed by atoms with van der Waals surface area (Å²) < 4.78 is 10.5. The summed E-state index contributed by atoms with van der Waals surface area (Å²) in [6.07, 6.45) is 0. The molecule has 6 nitrogen and oxygen atoms in total. The molecule has 1 atom stereocenters. The number of methoxy groups -OCH3 is 2. The third-order valence-corrected chi connectivity index (χ3v) is 4.83. The average Bonchev–Trinajstić information content (AvgIpc) is 3.05. The second-order valence-corrected chi connectivity index (χ2v) is 6.45. The van der Waals surface area contributed by atoms with Crippen LogP contribution in [0.25, 0.3) is 0 Å². The van der Waals surface area contributed by atoms with Gasteiger partial charge in [0.25, 0.3) is 0 Å². The first-order valence-corrected chi connectivity index (χ1v) is 8.56. The van der Waals surface area contributed by atoms with Crippen LogP contribution in [0.4, 0.5) is 5.69 Å². The van der Waals surface area contributed by atoms with Gasteiger partial charge in [0.1, 0.15) is 0 Å². The fourth-order valence-electron chi connectivity index (χ4n) is 3.39. The highest BCUT2D eigenvalue weighted by atomic mass is 16.5. The molecule has 1 heterocycles. The third kappa shape index (κ3) is 3.30. The van der Waals surface area contributed by atoms with E-state index in [9.17, 15) is 14.4 Å². The normalized spacial score (nSPS) is 15.3. The molecule has 0 N–H and O–H groups in total. The molecule has 1 aliphatic heterocycles. The highest BCUT2D eigenvalue weighted by Gasteiger charge is 2.36. The van der Waals surface area contributed by atoms with Gasteiger partial charge in [-0.2, -0.15) is 0 Å². The second kappa shape index (κ2) is 7.23. The lowest BCUT2D eigenvalue weighted by molar-refractivity contribution is -0.116. The quantitative estimate of drug-likeness (QED) is 0.759. The zero-order valence-electron chi connectivity index (χ0n) is 15.7. The van der Waals surface area contributed by atoms with Crippen molar-refractivity contribution in [2.75, 3.05) is 25.7 Å². The largest absolute Gasteiger partial charge is 0.493 e. The molecule has 6 heteroatoms. The van der Waals surface area contributed by atoms with Gasteiger partial charge in [0.05, 0.1) is 20.1 Å². The van der Waals surface area contributed by atoms with Crippen LogP contribution in [0.2, 0.25) is 0 Å². The van der Waals surface area contributed by atoms with Crippen LogP contribution in [0, 0.1) is 0 Å². The summed E-state index contributed by atoms with van der Waals surface area (Å²) in [6, 6.07) is 10.1. The van der Waals surface area contributed by atoms with Crippen molar-refractivity contribution in [2.45, 2.75) is 19.8 Å². The lowest BCUT2D eigenvalue weighted by Gasteiger charge is -2.15. The minimum absolute atomic E-state index is 0.0867. The molecule has 27 heavy (non-hydrogen) atoms. The van der Waals surface area contributed by atoms with Crippen molar-refractivity contribution in [3.63, 3.8) is 0 Å². The molecule has 0 bridgehead atoms. The average molecular weight is 367 g/mol. The van der Waals surface area contributed by atoms with Crippen LogP contribution in [0.5, 0.6) is 11.5 Å². The summed E-state index contributed by atoms with van der Waals surface area (Å²) in [5.74, 6) is 0.0846. The Labute approximate surface area is 157 Å². The number of ketones is 2. The molecule has 140 valence electrons. The van der Waals surface area contributed by atoms with Gasteiger partial charge in [-0.25, -0.2) is 0 Å². The molecular formula is C21H21NO5. The van der Waals surface area contributed by atoms with Gasteiger partial charge in [0.2, 0.25) is 5.91 Å². The standard InChI is InChI=1S/C21H21NO5/c1-12(23)14-5-7-18-16(9-14)17(11-22(18)13(2)24)21(25)15-6-8-19(26-3)20(10-15)27-4/h5-10,17H,11H2,1-4H3. The lowest BCUT2D eigenvalue weighted by atomic mass is 9.91. The second-order valence-electron chi connectivity index (χ2n) is 6.45. The molecule has 0 saturated heterocycles. The van der Waals surface area contributed by atoms with Gasteiger partial charge in [-0.05, 0) is 48.9 Å². The summed E-state index contributed by atoms with van der Waals surface area (Å²) in [5, 5.41) is 0. The van der Waals surface area contributed by atoms with E-state index in [1.165, 1.54) is 28.1 Å². The summed E-state index contributed by atoms with van der Waals surface area (Å²) in [5.41, 5.74) is 2.34. The number of Topliss-reactive ketones (excluding diaryl/α,β-unsaturated/α-hetero) is 2. The zero-order valence-corrected chi connectivity index (χ0v) is 15.7. The van der Waals surface area contributed by atoms with Crippen molar-refractivity contribution < 1.29 is 23.9 Å². The number of rotatable bonds is 5. The fourth-order valence-corrected chi connectivity index (χ4v) is 3.39. The molecule has 0 fully saturated rings. The van der Waals surface area contributed by atoms with Gasteiger partial charge < -0.3 is 14.4 Å². The van der Waals surface area contributed by atoms with Gasteiger partial charge in [-0.15, -0.1) is 0 Å². The van der Waals surface area contributed by atoms with Crippen LogP contribution in [-0.2, 0) is 4.79 Å². The van der Waals surface area contributed by atoms with Crippen molar-refractivity contribution in [3.8, 4) is 11.5 Å². The summed E-state index contributed by atoms with van der Waals surface area (Å²) >= 11 is 0. The van der Waals surface area contributed by atoms with E-state index in [-0.39, 0.29) is 24.0 Å². The molecule has 3 rings (SSSR count). The number of ether oxygens (including phenoxy) is 2. The zero-order chi connectivity index (χ0) is 19.7. The first-order valence-electron chi connectivity index (χ1n) is 8.56. The number of hydrogen-bond donors (Lipinski definition) is 0. The summed E-state index contributed by atoms with van der Waals surface area (Å²) in [7, 11) is 3.04. The van der Waals surface area contributed by atoms with Crippen LogP contribution in [0.1, 0.15) is 46.0 Å². The van der Waals surface area contributed by atoms with Crippen LogP contribution in [0.15, 0.2) is 36.4 Å². The molecular weight excluding hydrogens is 346 g/mol. The number of fused-ring (bicyclic) bond motifs is 1. The van der Waals surface area contributed by atoms with Crippen LogP contribution in [-0.4, -0.2) is 38.2 Å². The highest BCUT2D eigenvalue weighted by Crippen LogP contribution is 2.40. The maximum Gasteiger partial charge on any atom is 0.223 e. The van der Waals surface area contributed by atoms with Gasteiger partial charge in [-0.3, -0.25) is 14.4 Å². The van der Waals surface area contributed by atoms with E-state index in [1.807, 2.05) is 0 Å².